The van der Waals surface area contributed by atoms with Crippen molar-refractivity contribution in [2.75, 3.05) is 19.7 Å². The van der Waals surface area contributed by atoms with Crippen LogP contribution < -0.4 is 10.1 Å². The van der Waals surface area contributed by atoms with E-state index in [1.54, 1.807) is 19.1 Å². The first-order valence-electron chi connectivity index (χ1n) is 6.44. The van der Waals surface area contributed by atoms with Crippen LogP contribution in [0, 0.1) is 0 Å². The lowest BCUT2D eigenvalue weighted by atomic mass is 10.1. The summed E-state index contributed by atoms with van der Waals surface area (Å²) in [6, 6.07) is 7.12. The molecule has 4 nitrogen and oxygen atoms in total. The summed E-state index contributed by atoms with van der Waals surface area (Å²) >= 11 is 0. The number of nitrogens with one attached hydrogen (secondary N) is 1. The summed E-state index contributed by atoms with van der Waals surface area (Å²) in [6.07, 6.45) is 2.45. The first-order valence-corrected chi connectivity index (χ1v) is 6.44. The third-order valence-electron chi connectivity index (χ3n) is 2.92. The van der Waals surface area contributed by atoms with Crippen LogP contribution in [-0.2, 0) is 4.74 Å². The summed E-state index contributed by atoms with van der Waals surface area (Å²) in [4.78, 5) is 11.5. The normalized spacial score (nSPS) is 19.3. The summed E-state index contributed by atoms with van der Waals surface area (Å²) in [5.74, 6) is 0.514. The number of hydrogen-bond acceptors (Lipinski definition) is 4. The number of ether oxygens (including phenoxy) is 2. The standard InChI is InChI=1S/C14H19NO3/c1-2-17-14(16)11-5-7-12(8-6-11)18-13-4-3-9-15-10-13/h5-8,13,15H,2-4,9-10H2,1H3/t13-/m1/s1. The quantitative estimate of drug-likeness (QED) is 0.829. The molecule has 1 aliphatic rings. The van der Waals surface area contributed by atoms with Crippen molar-refractivity contribution in [3.8, 4) is 5.75 Å². The number of rotatable bonds is 4. The Morgan fingerprint density at radius 3 is 2.78 bits per heavy atom. The zero-order chi connectivity index (χ0) is 12.8. The van der Waals surface area contributed by atoms with Gasteiger partial charge in [0.1, 0.15) is 11.9 Å². The molecular weight excluding hydrogens is 230 g/mol. The van der Waals surface area contributed by atoms with Crippen LogP contribution in [0.15, 0.2) is 24.3 Å². The minimum absolute atomic E-state index is 0.229. The van der Waals surface area contributed by atoms with Crippen LogP contribution in [0.5, 0.6) is 5.75 Å². The van der Waals surface area contributed by atoms with E-state index in [1.807, 2.05) is 12.1 Å². The fourth-order valence-electron chi connectivity index (χ4n) is 2.00. The number of piperidine rings is 1. The molecule has 98 valence electrons. The van der Waals surface area contributed by atoms with Crippen LogP contribution in [0.3, 0.4) is 0 Å². The minimum atomic E-state index is -0.289. The summed E-state index contributed by atoms with van der Waals surface area (Å²) in [6.45, 7) is 4.15. The van der Waals surface area contributed by atoms with Gasteiger partial charge in [0.15, 0.2) is 0 Å². The Labute approximate surface area is 107 Å². The van der Waals surface area contributed by atoms with Gasteiger partial charge in [0.25, 0.3) is 0 Å². The van der Waals surface area contributed by atoms with Gasteiger partial charge >= 0.3 is 5.97 Å². The first kappa shape index (κ1) is 12.9. The third-order valence-corrected chi connectivity index (χ3v) is 2.92. The van der Waals surface area contributed by atoms with Crippen LogP contribution in [0.2, 0.25) is 0 Å². The number of carbonyl (C=O) groups is 1. The van der Waals surface area contributed by atoms with Crippen molar-refractivity contribution in [3.63, 3.8) is 0 Å². The van der Waals surface area contributed by atoms with Crippen LogP contribution in [-0.4, -0.2) is 31.8 Å². The van der Waals surface area contributed by atoms with E-state index in [2.05, 4.69) is 5.32 Å². The molecule has 1 aliphatic heterocycles. The fraction of sp³-hybridized carbons (Fsp3) is 0.500. The van der Waals surface area contributed by atoms with Gasteiger partial charge < -0.3 is 14.8 Å². The summed E-state index contributed by atoms with van der Waals surface area (Å²) < 4.78 is 10.8. The van der Waals surface area contributed by atoms with Gasteiger partial charge in [-0.05, 0) is 50.6 Å². The average Bonchev–Trinajstić information content (AvgIpc) is 2.41. The Bertz CT molecular complexity index is 383. The smallest absolute Gasteiger partial charge is 0.338 e. The van der Waals surface area contributed by atoms with Gasteiger partial charge in [-0.3, -0.25) is 0 Å². The highest BCUT2D eigenvalue weighted by atomic mass is 16.5. The maximum atomic E-state index is 11.5. The molecule has 0 bridgehead atoms. The molecule has 0 aliphatic carbocycles. The van der Waals surface area contributed by atoms with E-state index in [-0.39, 0.29) is 12.1 Å². The molecule has 1 saturated heterocycles. The Kier molecular flexibility index (Phi) is 4.59. The molecule has 1 atom stereocenters. The number of carbonyl (C=O) groups excluding carboxylic acids is 1. The van der Waals surface area contributed by atoms with Crippen LogP contribution >= 0.6 is 0 Å². The minimum Gasteiger partial charge on any atom is -0.489 e. The zero-order valence-corrected chi connectivity index (χ0v) is 10.6. The van der Waals surface area contributed by atoms with E-state index in [9.17, 15) is 4.79 Å². The summed E-state index contributed by atoms with van der Waals surface area (Å²) in [5, 5.41) is 3.30. The lowest BCUT2D eigenvalue weighted by molar-refractivity contribution is 0.0526. The fourth-order valence-corrected chi connectivity index (χ4v) is 2.00. The molecule has 4 heteroatoms. The van der Waals surface area contributed by atoms with Crippen molar-refractivity contribution in [2.24, 2.45) is 0 Å². The molecule has 1 fully saturated rings. The lowest BCUT2D eigenvalue weighted by Crippen LogP contribution is -2.37. The molecule has 0 amide bonds. The highest BCUT2D eigenvalue weighted by Crippen LogP contribution is 2.17. The first-order chi connectivity index (χ1) is 8.79. The highest BCUT2D eigenvalue weighted by Gasteiger charge is 2.14. The van der Waals surface area contributed by atoms with E-state index in [4.69, 9.17) is 9.47 Å². The van der Waals surface area contributed by atoms with E-state index in [1.165, 1.54) is 0 Å². The van der Waals surface area contributed by atoms with Crippen molar-refractivity contribution >= 4 is 5.97 Å². The summed E-state index contributed by atoms with van der Waals surface area (Å²) in [7, 11) is 0. The lowest BCUT2D eigenvalue weighted by Gasteiger charge is -2.23. The van der Waals surface area contributed by atoms with Gasteiger partial charge in [-0.25, -0.2) is 4.79 Å². The van der Waals surface area contributed by atoms with E-state index in [0.717, 1.165) is 31.7 Å². The SMILES string of the molecule is CCOC(=O)c1ccc(O[C@@H]2CCCNC2)cc1. The molecule has 0 aromatic heterocycles. The molecule has 0 spiro atoms. The molecular formula is C14H19NO3. The van der Waals surface area contributed by atoms with E-state index in [0.29, 0.717) is 12.2 Å². The molecule has 2 rings (SSSR count). The highest BCUT2D eigenvalue weighted by molar-refractivity contribution is 5.89. The topological polar surface area (TPSA) is 47.6 Å². The van der Waals surface area contributed by atoms with Crippen molar-refractivity contribution in [3.05, 3.63) is 29.8 Å². The number of benzene rings is 1. The maximum Gasteiger partial charge on any atom is 0.338 e. The van der Waals surface area contributed by atoms with Crippen molar-refractivity contribution < 1.29 is 14.3 Å². The molecule has 1 aromatic carbocycles. The molecule has 18 heavy (non-hydrogen) atoms. The molecule has 1 heterocycles. The summed E-state index contributed by atoms with van der Waals surface area (Å²) in [5.41, 5.74) is 0.561. The Morgan fingerprint density at radius 1 is 1.39 bits per heavy atom. The molecule has 0 saturated carbocycles. The van der Waals surface area contributed by atoms with E-state index >= 15 is 0 Å². The zero-order valence-electron chi connectivity index (χ0n) is 10.6. The molecule has 0 radical (unpaired) electrons. The van der Waals surface area contributed by atoms with Gasteiger partial charge in [-0.15, -0.1) is 0 Å². The van der Waals surface area contributed by atoms with Crippen molar-refractivity contribution in [1.29, 1.82) is 0 Å². The van der Waals surface area contributed by atoms with Gasteiger partial charge in [-0.2, -0.15) is 0 Å². The molecule has 1 N–H and O–H groups in total. The predicted octanol–water partition coefficient (Wildman–Crippen LogP) is 1.99. The van der Waals surface area contributed by atoms with Gasteiger partial charge in [0, 0.05) is 6.54 Å². The Morgan fingerprint density at radius 2 is 2.17 bits per heavy atom. The Hall–Kier alpha value is -1.55. The number of esters is 1. The van der Waals surface area contributed by atoms with Gasteiger partial charge in [-0.1, -0.05) is 0 Å². The average molecular weight is 249 g/mol. The van der Waals surface area contributed by atoms with Crippen LogP contribution in [0.4, 0.5) is 0 Å². The van der Waals surface area contributed by atoms with Crippen LogP contribution in [0.25, 0.3) is 0 Å². The second-order valence-electron chi connectivity index (χ2n) is 4.33. The predicted molar refractivity (Wildman–Crippen MR) is 68.9 cm³/mol. The third kappa shape index (κ3) is 3.47. The number of hydrogen-bond donors (Lipinski definition) is 1. The largest absolute Gasteiger partial charge is 0.489 e. The molecule has 0 unspecified atom stereocenters. The van der Waals surface area contributed by atoms with Gasteiger partial charge in [0.2, 0.25) is 0 Å². The van der Waals surface area contributed by atoms with E-state index < -0.39 is 0 Å². The monoisotopic (exact) mass is 249 g/mol. The molecule has 1 aromatic rings. The second kappa shape index (κ2) is 6.40. The van der Waals surface area contributed by atoms with Crippen molar-refractivity contribution in [2.45, 2.75) is 25.9 Å². The maximum absolute atomic E-state index is 11.5. The van der Waals surface area contributed by atoms with Crippen LogP contribution in [0.1, 0.15) is 30.1 Å². The Balaban J connectivity index is 1.92. The second-order valence-corrected chi connectivity index (χ2v) is 4.33. The van der Waals surface area contributed by atoms with Gasteiger partial charge in [0.05, 0.1) is 12.2 Å². The van der Waals surface area contributed by atoms with Crippen molar-refractivity contribution in [1.82, 2.24) is 5.32 Å².